The Kier molecular flexibility index (Phi) is 5.49. The van der Waals surface area contributed by atoms with Gasteiger partial charge in [-0.2, -0.15) is 0 Å². The van der Waals surface area contributed by atoms with Gasteiger partial charge >= 0.3 is 0 Å². The molecule has 2 aliphatic rings. The van der Waals surface area contributed by atoms with E-state index in [0.717, 1.165) is 55.8 Å². The monoisotopic (exact) mass is 419 g/mol. The van der Waals surface area contributed by atoms with Gasteiger partial charge in [-0.15, -0.1) is 11.3 Å². The van der Waals surface area contributed by atoms with Gasteiger partial charge in [0.2, 0.25) is 0 Å². The molecule has 5 rings (SSSR count). The standard InChI is InChI=1S/C24H25N3O2S/c28-24(20-6-1-2-7-22(20)29-19-4-3-5-19)27-14-10-18(11-15-27)23-26-21(16-30-23)17-8-12-25-13-9-17/h1-2,6-9,12-13,16,18-19H,3-5,10-11,14-15H2. The van der Waals surface area contributed by atoms with Crippen molar-refractivity contribution in [3.05, 3.63) is 64.7 Å². The molecule has 2 fully saturated rings. The summed E-state index contributed by atoms with van der Waals surface area (Å²) in [5, 5.41) is 3.29. The third kappa shape index (κ3) is 3.97. The predicted octanol–water partition coefficient (Wildman–Crippen LogP) is 5.16. The molecular formula is C24H25N3O2S. The molecule has 1 amide bonds. The molecule has 5 nitrogen and oxygen atoms in total. The highest BCUT2D eigenvalue weighted by molar-refractivity contribution is 7.10. The maximum absolute atomic E-state index is 13.2. The van der Waals surface area contributed by atoms with Crippen LogP contribution < -0.4 is 4.74 Å². The average molecular weight is 420 g/mol. The van der Waals surface area contributed by atoms with E-state index in [0.29, 0.717) is 11.5 Å². The van der Waals surface area contributed by atoms with Crippen LogP contribution in [0.5, 0.6) is 5.75 Å². The normalized spacial score (nSPS) is 17.5. The van der Waals surface area contributed by atoms with Gasteiger partial charge in [0, 0.05) is 42.3 Å². The minimum atomic E-state index is 0.0833. The summed E-state index contributed by atoms with van der Waals surface area (Å²) < 4.78 is 6.07. The van der Waals surface area contributed by atoms with Gasteiger partial charge in [-0.1, -0.05) is 12.1 Å². The highest BCUT2D eigenvalue weighted by Gasteiger charge is 2.28. The Morgan fingerprint density at radius 1 is 1.03 bits per heavy atom. The molecule has 0 atom stereocenters. The number of nitrogens with zero attached hydrogens (tertiary/aromatic N) is 3. The number of aromatic nitrogens is 2. The molecule has 1 saturated carbocycles. The number of likely N-dealkylation sites (tertiary alicyclic amines) is 1. The lowest BCUT2D eigenvalue weighted by Gasteiger charge is -2.32. The lowest BCUT2D eigenvalue weighted by Crippen LogP contribution is -2.38. The maximum Gasteiger partial charge on any atom is 0.257 e. The Morgan fingerprint density at radius 2 is 1.80 bits per heavy atom. The van der Waals surface area contributed by atoms with E-state index >= 15 is 0 Å². The Balaban J connectivity index is 1.23. The van der Waals surface area contributed by atoms with Crippen LogP contribution in [0.2, 0.25) is 0 Å². The van der Waals surface area contributed by atoms with E-state index in [2.05, 4.69) is 10.4 Å². The molecule has 0 N–H and O–H groups in total. The van der Waals surface area contributed by atoms with Crippen molar-refractivity contribution < 1.29 is 9.53 Å². The molecule has 3 heterocycles. The number of para-hydroxylation sites is 1. The lowest BCUT2D eigenvalue weighted by molar-refractivity contribution is 0.0696. The predicted molar refractivity (Wildman–Crippen MR) is 118 cm³/mol. The quantitative estimate of drug-likeness (QED) is 0.573. The van der Waals surface area contributed by atoms with E-state index < -0.39 is 0 Å². The topological polar surface area (TPSA) is 55.3 Å². The summed E-state index contributed by atoms with van der Waals surface area (Å²) in [5.74, 6) is 1.23. The highest BCUT2D eigenvalue weighted by atomic mass is 32.1. The smallest absolute Gasteiger partial charge is 0.257 e. The minimum Gasteiger partial charge on any atom is -0.490 e. The van der Waals surface area contributed by atoms with E-state index in [-0.39, 0.29) is 12.0 Å². The number of thiazole rings is 1. The van der Waals surface area contributed by atoms with Gasteiger partial charge in [0.1, 0.15) is 5.75 Å². The number of hydrogen-bond donors (Lipinski definition) is 0. The fraction of sp³-hybridized carbons (Fsp3) is 0.375. The molecule has 30 heavy (non-hydrogen) atoms. The zero-order valence-corrected chi connectivity index (χ0v) is 17.7. The molecule has 1 aliphatic carbocycles. The first kappa shape index (κ1) is 19.2. The van der Waals surface area contributed by atoms with Gasteiger partial charge in [0.15, 0.2) is 0 Å². The molecule has 6 heteroatoms. The van der Waals surface area contributed by atoms with Crippen LogP contribution in [0.25, 0.3) is 11.3 Å². The number of carbonyl (C=O) groups excluding carboxylic acids is 1. The fourth-order valence-corrected chi connectivity index (χ4v) is 5.04. The van der Waals surface area contributed by atoms with Gasteiger partial charge in [-0.25, -0.2) is 4.98 Å². The van der Waals surface area contributed by atoms with Crippen LogP contribution in [-0.2, 0) is 0 Å². The molecule has 0 spiro atoms. The van der Waals surface area contributed by atoms with Crippen LogP contribution in [0.4, 0.5) is 0 Å². The Bertz CT molecular complexity index is 1010. The van der Waals surface area contributed by atoms with Crippen molar-refractivity contribution >= 4 is 17.2 Å². The first-order valence-corrected chi connectivity index (χ1v) is 11.6. The summed E-state index contributed by atoms with van der Waals surface area (Å²) in [6, 6.07) is 11.7. The van der Waals surface area contributed by atoms with Gasteiger partial charge in [-0.05, 0) is 56.4 Å². The second kappa shape index (κ2) is 8.56. The fourth-order valence-electron chi connectivity index (χ4n) is 4.04. The summed E-state index contributed by atoms with van der Waals surface area (Å²) in [4.78, 5) is 24.1. The zero-order chi connectivity index (χ0) is 20.3. The summed E-state index contributed by atoms with van der Waals surface area (Å²) in [5.41, 5.74) is 2.80. The molecule has 0 unspecified atom stereocenters. The zero-order valence-electron chi connectivity index (χ0n) is 16.9. The second-order valence-electron chi connectivity index (χ2n) is 8.04. The van der Waals surface area contributed by atoms with Crippen LogP contribution >= 0.6 is 11.3 Å². The van der Waals surface area contributed by atoms with Crippen molar-refractivity contribution in [2.45, 2.75) is 44.1 Å². The van der Waals surface area contributed by atoms with Gasteiger partial charge < -0.3 is 9.64 Å². The number of pyridine rings is 1. The number of ether oxygens (including phenoxy) is 1. The Labute approximate surface area is 180 Å². The van der Waals surface area contributed by atoms with Gasteiger partial charge in [-0.3, -0.25) is 9.78 Å². The summed E-state index contributed by atoms with van der Waals surface area (Å²) in [6.07, 6.45) is 9.14. The first-order chi connectivity index (χ1) is 14.8. The van der Waals surface area contributed by atoms with E-state index in [4.69, 9.17) is 9.72 Å². The number of benzene rings is 1. The van der Waals surface area contributed by atoms with Gasteiger partial charge in [0.05, 0.1) is 22.4 Å². The second-order valence-corrected chi connectivity index (χ2v) is 8.93. The Hall–Kier alpha value is -2.73. The molecule has 2 aromatic heterocycles. The van der Waals surface area contributed by atoms with Crippen LogP contribution in [0.1, 0.15) is 53.4 Å². The average Bonchev–Trinajstić information content (AvgIpc) is 3.27. The first-order valence-electron chi connectivity index (χ1n) is 10.7. The molecule has 0 bridgehead atoms. The summed E-state index contributed by atoms with van der Waals surface area (Å²) >= 11 is 1.72. The van der Waals surface area contributed by atoms with E-state index in [1.807, 2.05) is 41.3 Å². The van der Waals surface area contributed by atoms with Crippen molar-refractivity contribution in [3.63, 3.8) is 0 Å². The SMILES string of the molecule is O=C(c1ccccc1OC1CCC1)N1CCC(c2nc(-c3ccncc3)cs2)CC1. The van der Waals surface area contributed by atoms with Crippen molar-refractivity contribution in [2.24, 2.45) is 0 Å². The van der Waals surface area contributed by atoms with Crippen molar-refractivity contribution in [2.75, 3.05) is 13.1 Å². The number of rotatable bonds is 5. The van der Waals surface area contributed by atoms with Gasteiger partial charge in [0.25, 0.3) is 5.91 Å². The molecular weight excluding hydrogens is 394 g/mol. The molecule has 1 aromatic carbocycles. The number of carbonyl (C=O) groups is 1. The molecule has 154 valence electrons. The third-order valence-electron chi connectivity index (χ3n) is 6.09. The number of hydrogen-bond acceptors (Lipinski definition) is 5. The highest BCUT2D eigenvalue weighted by Crippen LogP contribution is 2.34. The third-order valence-corrected chi connectivity index (χ3v) is 7.10. The lowest BCUT2D eigenvalue weighted by atomic mass is 9.95. The van der Waals surface area contributed by atoms with Crippen LogP contribution in [0, 0.1) is 0 Å². The number of piperidine rings is 1. The van der Waals surface area contributed by atoms with Crippen LogP contribution in [-0.4, -0.2) is 40.0 Å². The Morgan fingerprint density at radius 3 is 2.53 bits per heavy atom. The molecule has 0 radical (unpaired) electrons. The summed E-state index contributed by atoms with van der Waals surface area (Å²) in [7, 11) is 0. The minimum absolute atomic E-state index is 0.0833. The van der Waals surface area contributed by atoms with E-state index in [1.54, 1.807) is 23.7 Å². The number of amides is 1. The largest absolute Gasteiger partial charge is 0.490 e. The van der Waals surface area contributed by atoms with Crippen LogP contribution in [0.15, 0.2) is 54.2 Å². The molecule has 1 aliphatic heterocycles. The molecule has 3 aromatic rings. The summed E-state index contributed by atoms with van der Waals surface area (Å²) in [6.45, 7) is 1.51. The maximum atomic E-state index is 13.2. The van der Waals surface area contributed by atoms with Crippen molar-refractivity contribution in [1.82, 2.24) is 14.9 Å². The van der Waals surface area contributed by atoms with E-state index in [1.165, 1.54) is 11.4 Å². The van der Waals surface area contributed by atoms with Crippen molar-refractivity contribution in [1.29, 1.82) is 0 Å². The van der Waals surface area contributed by atoms with Crippen molar-refractivity contribution in [3.8, 4) is 17.0 Å². The van der Waals surface area contributed by atoms with E-state index in [9.17, 15) is 4.79 Å². The molecule has 1 saturated heterocycles. The van der Waals surface area contributed by atoms with Crippen LogP contribution in [0.3, 0.4) is 0 Å².